The molecule has 2 aromatic carbocycles. The van der Waals surface area contributed by atoms with Gasteiger partial charge in [0.15, 0.2) is 0 Å². The van der Waals surface area contributed by atoms with E-state index in [-0.39, 0.29) is 0 Å². The zero-order chi connectivity index (χ0) is 16.5. The number of hydrogen-bond donors (Lipinski definition) is 1. The standard InChI is InChI=1S/C19H23N3O/c1-23-19-9-7-18(8-10-19)15-22(12-2-11-20)14-17-5-3-16(13-21)4-6-17/h3-10H,2,11-12,14-15,20H2,1H3. The fourth-order valence-corrected chi connectivity index (χ4v) is 2.46. The molecule has 0 heterocycles. The fourth-order valence-electron chi connectivity index (χ4n) is 2.46. The van der Waals surface area contributed by atoms with Gasteiger partial charge in [-0.1, -0.05) is 24.3 Å². The highest BCUT2D eigenvalue weighted by Crippen LogP contribution is 2.15. The van der Waals surface area contributed by atoms with E-state index in [1.165, 1.54) is 11.1 Å². The molecule has 2 aromatic rings. The lowest BCUT2D eigenvalue weighted by Crippen LogP contribution is -2.25. The lowest BCUT2D eigenvalue weighted by molar-refractivity contribution is 0.255. The smallest absolute Gasteiger partial charge is 0.118 e. The molecule has 0 amide bonds. The van der Waals surface area contributed by atoms with Gasteiger partial charge in [-0.15, -0.1) is 0 Å². The van der Waals surface area contributed by atoms with Gasteiger partial charge in [0.25, 0.3) is 0 Å². The van der Waals surface area contributed by atoms with Crippen LogP contribution in [0.5, 0.6) is 5.75 Å². The molecule has 0 aliphatic carbocycles. The molecule has 0 radical (unpaired) electrons. The topological polar surface area (TPSA) is 62.3 Å². The Morgan fingerprint density at radius 3 is 2.04 bits per heavy atom. The monoisotopic (exact) mass is 309 g/mol. The summed E-state index contributed by atoms with van der Waals surface area (Å²) in [5, 5.41) is 8.88. The van der Waals surface area contributed by atoms with Gasteiger partial charge < -0.3 is 10.5 Å². The molecule has 0 aliphatic rings. The first kappa shape index (κ1) is 17.0. The number of nitrogens with two attached hydrogens (primary N) is 1. The van der Waals surface area contributed by atoms with Crippen LogP contribution in [-0.4, -0.2) is 25.1 Å². The highest BCUT2D eigenvalue weighted by atomic mass is 16.5. The molecule has 23 heavy (non-hydrogen) atoms. The van der Waals surface area contributed by atoms with Crippen molar-refractivity contribution in [2.75, 3.05) is 20.2 Å². The first-order chi connectivity index (χ1) is 11.2. The number of nitrogens with zero attached hydrogens (tertiary/aromatic N) is 2. The molecule has 4 heteroatoms. The summed E-state index contributed by atoms with van der Waals surface area (Å²) >= 11 is 0. The number of nitriles is 1. The van der Waals surface area contributed by atoms with Crippen LogP contribution in [0.25, 0.3) is 0 Å². The second kappa shape index (κ2) is 8.94. The maximum Gasteiger partial charge on any atom is 0.118 e. The summed E-state index contributed by atoms with van der Waals surface area (Å²) in [5.41, 5.74) is 8.80. The predicted octanol–water partition coefficient (Wildman–Crippen LogP) is 2.92. The molecule has 0 fully saturated rings. The molecule has 0 unspecified atom stereocenters. The summed E-state index contributed by atoms with van der Waals surface area (Å²) in [6, 6.07) is 18.1. The van der Waals surface area contributed by atoms with E-state index in [1.807, 2.05) is 36.4 Å². The van der Waals surface area contributed by atoms with E-state index in [1.54, 1.807) is 7.11 Å². The van der Waals surface area contributed by atoms with E-state index in [0.717, 1.165) is 31.8 Å². The largest absolute Gasteiger partial charge is 0.497 e. The minimum absolute atomic E-state index is 0.687. The van der Waals surface area contributed by atoms with Crippen LogP contribution in [0.3, 0.4) is 0 Å². The molecule has 4 nitrogen and oxygen atoms in total. The first-order valence-electron chi connectivity index (χ1n) is 7.79. The summed E-state index contributed by atoms with van der Waals surface area (Å²) in [4.78, 5) is 2.37. The maximum absolute atomic E-state index is 8.88. The molecule has 2 rings (SSSR count). The van der Waals surface area contributed by atoms with Gasteiger partial charge in [-0.05, 0) is 48.4 Å². The molecule has 0 atom stereocenters. The van der Waals surface area contributed by atoms with Crippen molar-refractivity contribution in [3.05, 3.63) is 65.2 Å². The van der Waals surface area contributed by atoms with E-state index >= 15 is 0 Å². The Hall–Kier alpha value is -2.35. The van der Waals surface area contributed by atoms with Gasteiger partial charge in [0.2, 0.25) is 0 Å². The summed E-state index contributed by atoms with van der Waals surface area (Å²) in [6.45, 7) is 3.34. The Kier molecular flexibility index (Phi) is 6.61. The van der Waals surface area contributed by atoms with Crippen LogP contribution < -0.4 is 10.5 Å². The Labute approximate surface area is 138 Å². The second-order valence-electron chi connectivity index (χ2n) is 5.51. The lowest BCUT2D eigenvalue weighted by Gasteiger charge is -2.22. The average Bonchev–Trinajstić information content (AvgIpc) is 2.61. The molecular formula is C19H23N3O. The Bertz CT molecular complexity index is 629. The van der Waals surface area contributed by atoms with Gasteiger partial charge in [0, 0.05) is 19.6 Å². The highest BCUT2D eigenvalue weighted by molar-refractivity contribution is 5.31. The van der Waals surface area contributed by atoms with Gasteiger partial charge in [-0.25, -0.2) is 0 Å². The van der Waals surface area contributed by atoms with Crippen LogP contribution in [0.15, 0.2) is 48.5 Å². The van der Waals surface area contributed by atoms with Crippen LogP contribution in [0.4, 0.5) is 0 Å². The van der Waals surface area contributed by atoms with Crippen LogP contribution in [0, 0.1) is 11.3 Å². The van der Waals surface area contributed by atoms with E-state index < -0.39 is 0 Å². The molecule has 0 aliphatic heterocycles. The SMILES string of the molecule is COc1ccc(CN(CCCN)Cc2ccc(C#N)cc2)cc1. The molecule has 0 bridgehead atoms. The van der Waals surface area contributed by atoms with Crippen molar-refractivity contribution >= 4 is 0 Å². The number of rotatable bonds is 8. The van der Waals surface area contributed by atoms with Gasteiger partial charge in [0.1, 0.15) is 5.75 Å². The maximum atomic E-state index is 8.88. The molecule has 0 saturated heterocycles. The molecule has 0 aromatic heterocycles. The molecular weight excluding hydrogens is 286 g/mol. The van der Waals surface area contributed by atoms with E-state index in [4.69, 9.17) is 15.7 Å². The van der Waals surface area contributed by atoms with Crippen LogP contribution >= 0.6 is 0 Å². The predicted molar refractivity (Wildman–Crippen MR) is 91.9 cm³/mol. The zero-order valence-electron chi connectivity index (χ0n) is 13.5. The summed E-state index contributed by atoms with van der Waals surface area (Å²) in [7, 11) is 1.67. The minimum atomic E-state index is 0.687. The van der Waals surface area contributed by atoms with E-state index in [2.05, 4.69) is 23.1 Å². The summed E-state index contributed by atoms with van der Waals surface area (Å²) in [6.07, 6.45) is 0.965. The van der Waals surface area contributed by atoms with Crippen LogP contribution in [-0.2, 0) is 13.1 Å². The van der Waals surface area contributed by atoms with Crippen molar-refractivity contribution < 1.29 is 4.74 Å². The van der Waals surface area contributed by atoms with Crippen LogP contribution in [0.1, 0.15) is 23.1 Å². The Balaban J connectivity index is 2.04. The summed E-state index contributed by atoms with van der Waals surface area (Å²) < 4.78 is 5.20. The molecule has 2 N–H and O–H groups in total. The third kappa shape index (κ3) is 5.41. The van der Waals surface area contributed by atoms with Crippen molar-refractivity contribution in [3.63, 3.8) is 0 Å². The van der Waals surface area contributed by atoms with Crippen molar-refractivity contribution in [1.82, 2.24) is 4.90 Å². The normalized spacial score (nSPS) is 10.5. The first-order valence-corrected chi connectivity index (χ1v) is 7.79. The fraction of sp³-hybridized carbons (Fsp3) is 0.316. The second-order valence-corrected chi connectivity index (χ2v) is 5.51. The Morgan fingerprint density at radius 2 is 1.57 bits per heavy atom. The number of ether oxygens (including phenoxy) is 1. The third-order valence-corrected chi connectivity index (χ3v) is 3.73. The number of methoxy groups -OCH3 is 1. The highest BCUT2D eigenvalue weighted by Gasteiger charge is 2.07. The van der Waals surface area contributed by atoms with Gasteiger partial charge >= 0.3 is 0 Å². The number of hydrogen-bond acceptors (Lipinski definition) is 4. The average molecular weight is 309 g/mol. The van der Waals surface area contributed by atoms with E-state index in [9.17, 15) is 0 Å². The lowest BCUT2D eigenvalue weighted by atomic mass is 10.1. The zero-order valence-corrected chi connectivity index (χ0v) is 13.5. The quantitative estimate of drug-likeness (QED) is 0.814. The van der Waals surface area contributed by atoms with E-state index in [0.29, 0.717) is 12.1 Å². The minimum Gasteiger partial charge on any atom is -0.497 e. The van der Waals surface area contributed by atoms with Crippen LogP contribution in [0.2, 0.25) is 0 Å². The Morgan fingerprint density at radius 1 is 1.00 bits per heavy atom. The molecule has 0 saturated carbocycles. The van der Waals surface area contributed by atoms with Crippen molar-refractivity contribution in [1.29, 1.82) is 5.26 Å². The van der Waals surface area contributed by atoms with Gasteiger partial charge in [-0.3, -0.25) is 4.90 Å². The summed E-state index contributed by atoms with van der Waals surface area (Å²) in [5.74, 6) is 0.870. The van der Waals surface area contributed by atoms with Crippen molar-refractivity contribution in [2.24, 2.45) is 5.73 Å². The molecule has 0 spiro atoms. The van der Waals surface area contributed by atoms with Gasteiger partial charge in [-0.2, -0.15) is 5.26 Å². The third-order valence-electron chi connectivity index (χ3n) is 3.73. The number of benzene rings is 2. The molecule has 120 valence electrons. The van der Waals surface area contributed by atoms with Gasteiger partial charge in [0.05, 0.1) is 18.7 Å². The van der Waals surface area contributed by atoms with Crippen molar-refractivity contribution in [2.45, 2.75) is 19.5 Å². The van der Waals surface area contributed by atoms with Crippen molar-refractivity contribution in [3.8, 4) is 11.8 Å².